The first-order valence-corrected chi connectivity index (χ1v) is 35.4. The molecule has 1 aliphatic carbocycles. The number of allylic oxidation sites excluding steroid dienone is 2. The fourth-order valence-electron chi connectivity index (χ4n) is 12.6. The SMILES string of the molecule is C=CC(CCCCCCCC)CCCCCCCC.C=CCCCC(CCCCC)CCCCC.CC(=O)CCCCCCCOC[C@@H]1C[C@H](CCC(=O)CCC2CCCC(N(C)C)CC2)CN1CCCCCCC(C)(C)C(C)=O. The summed E-state index contributed by atoms with van der Waals surface area (Å²) >= 11 is 0. The Morgan fingerprint density at radius 1 is 0.588 bits per heavy atom. The summed E-state index contributed by atoms with van der Waals surface area (Å²) in [5.41, 5.74) is -0.193. The van der Waals surface area contributed by atoms with Gasteiger partial charge in [-0.1, -0.05) is 240 Å². The zero-order chi connectivity index (χ0) is 59.3. The lowest BCUT2D eigenvalue weighted by Crippen LogP contribution is -2.34. The monoisotopic (exact) mass is 1120 g/mol. The Morgan fingerprint density at radius 2 is 1.10 bits per heavy atom. The number of ketones is 3. The Kier molecular flexibility index (Phi) is 54.1. The van der Waals surface area contributed by atoms with Crippen molar-refractivity contribution >= 4 is 17.3 Å². The number of hydrogen-bond acceptors (Lipinski definition) is 6. The minimum atomic E-state index is -0.193. The van der Waals surface area contributed by atoms with E-state index in [1.165, 1.54) is 225 Å². The maximum Gasteiger partial charge on any atom is 0.135 e. The number of Topliss-reactive ketones (excluding diaryl/α,β-unsaturated/α-hetero) is 3. The molecule has 0 radical (unpaired) electrons. The third-order valence-electron chi connectivity index (χ3n) is 18.8. The van der Waals surface area contributed by atoms with Gasteiger partial charge in [-0.05, 0) is 148 Å². The molecule has 0 N–H and O–H groups in total. The first-order chi connectivity index (χ1) is 38.7. The van der Waals surface area contributed by atoms with Crippen molar-refractivity contribution in [3.8, 4) is 0 Å². The Labute approximate surface area is 501 Å². The molecule has 1 heterocycles. The number of nitrogens with zero attached hydrogens (tertiary/aromatic N) is 2. The van der Waals surface area contributed by atoms with E-state index < -0.39 is 0 Å². The number of hydrogen-bond donors (Lipinski definition) is 0. The van der Waals surface area contributed by atoms with E-state index in [0.29, 0.717) is 29.3 Å². The minimum Gasteiger partial charge on any atom is -0.380 e. The predicted octanol–water partition coefficient (Wildman–Crippen LogP) is 22.2. The molecule has 2 fully saturated rings. The topological polar surface area (TPSA) is 66.9 Å². The lowest BCUT2D eigenvalue weighted by Gasteiger charge is -2.24. The van der Waals surface area contributed by atoms with Crippen molar-refractivity contribution in [1.82, 2.24) is 9.80 Å². The van der Waals surface area contributed by atoms with Crippen LogP contribution in [0, 0.1) is 29.1 Å². The average molecular weight is 1120 g/mol. The van der Waals surface area contributed by atoms with Crippen LogP contribution in [0.15, 0.2) is 25.3 Å². The highest BCUT2D eigenvalue weighted by Gasteiger charge is 2.32. The molecule has 0 aromatic rings. The van der Waals surface area contributed by atoms with E-state index in [9.17, 15) is 14.4 Å². The molecule has 2 aliphatic rings. The summed E-state index contributed by atoms with van der Waals surface area (Å²) in [6, 6.07) is 1.18. The second-order valence-corrected chi connectivity index (χ2v) is 26.9. The van der Waals surface area contributed by atoms with Crippen LogP contribution < -0.4 is 0 Å². The molecule has 80 heavy (non-hydrogen) atoms. The normalized spacial score (nSPS) is 17.8. The van der Waals surface area contributed by atoms with E-state index >= 15 is 0 Å². The van der Waals surface area contributed by atoms with Crippen LogP contribution in [0.25, 0.3) is 0 Å². The van der Waals surface area contributed by atoms with Gasteiger partial charge in [0.25, 0.3) is 0 Å². The van der Waals surface area contributed by atoms with Crippen LogP contribution in [0.3, 0.4) is 0 Å². The summed E-state index contributed by atoms with van der Waals surface area (Å²) in [4.78, 5) is 40.9. The smallest absolute Gasteiger partial charge is 0.135 e. The van der Waals surface area contributed by atoms with Gasteiger partial charge in [0, 0.05) is 49.9 Å². The molecule has 0 aromatic carbocycles. The van der Waals surface area contributed by atoms with E-state index in [2.05, 4.69) is 90.7 Å². The van der Waals surface area contributed by atoms with Gasteiger partial charge in [0.05, 0.1) is 6.61 Å². The molecule has 6 nitrogen and oxygen atoms in total. The molecular formula is C74H142N2O4. The maximum absolute atomic E-state index is 12.9. The number of ether oxygens (including phenoxy) is 1. The van der Waals surface area contributed by atoms with Gasteiger partial charge in [0.1, 0.15) is 17.3 Å². The molecule has 0 amide bonds. The second-order valence-electron chi connectivity index (χ2n) is 26.9. The van der Waals surface area contributed by atoms with Crippen molar-refractivity contribution in [1.29, 1.82) is 0 Å². The summed E-state index contributed by atoms with van der Waals surface area (Å²) in [7, 11) is 4.41. The largest absolute Gasteiger partial charge is 0.380 e. The first-order valence-electron chi connectivity index (χ1n) is 35.4. The van der Waals surface area contributed by atoms with E-state index in [1.54, 1.807) is 13.8 Å². The van der Waals surface area contributed by atoms with Crippen LogP contribution in [0.1, 0.15) is 351 Å². The van der Waals surface area contributed by atoms with E-state index in [1.807, 2.05) is 0 Å². The van der Waals surface area contributed by atoms with Crippen LogP contribution in [0.4, 0.5) is 0 Å². The number of carbonyl (C=O) groups is 3. The van der Waals surface area contributed by atoms with E-state index in [-0.39, 0.29) is 5.41 Å². The number of carbonyl (C=O) groups excluding carboxylic acids is 3. The van der Waals surface area contributed by atoms with Crippen LogP contribution >= 0.6 is 0 Å². The zero-order valence-corrected chi connectivity index (χ0v) is 55.9. The summed E-state index contributed by atoms with van der Waals surface area (Å²) < 4.78 is 6.21. The van der Waals surface area contributed by atoms with Gasteiger partial charge in [0.15, 0.2) is 0 Å². The van der Waals surface area contributed by atoms with Crippen molar-refractivity contribution in [2.45, 2.75) is 363 Å². The molecule has 0 spiro atoms. The van der Waals surface area contributed by atoms with Crippen molar-refractivity contribution in [2.24, 2.45) is 29.1 Å². The molecule has 1 saturated carbocycles. The molecule has 1 saturated heterocycles. The molecular weight excluding hydrogens is 981 g/mol. The highest BCUT2D eigenvalue weighted by molar-refractivity contribution is 5.81. The standard InChI is InChI=1S/C39H72N2O4.C19H38.C16H32/c1-32(42)17-12-8-7-11-15-28-45-31-37-29-35(30-41(37)27-14-10-9-13-26-39(3,4)33(2)43)22-25-38(44)24-21-34-18-16-19-36(23-20-34)40(5)6;1-4-7-9-11-13-15-17-19(6-3)18-16-14-12-10-8-5-2;1-4-7-10-13-16(14-11-8-5-2)15-12-9-6-3/h34-37H,7-31H2,1-6H3;6,19H,3-5,7-18H2,1-2H3;4,16H,1,5-15H2,2-3H3/t34?,35-,36?,37-;;/m0../s1. The first kappa shape index (κ1) is 78.4. The summed E-state index contributed by atoms with van der Waals surface area (Å²) in [5.74, 6) is 4.19. The van der Waals surface area contributed by atoms with E-state index in [4.69, 9.17) is 4.74 Å². The molecule has 2 unspecified atom stereocenters. The van der Waals surface area contributed by atoms with Crippen LogP contribution in [0.2, 0.25) is 0 Å². The quantitative estimate of drug-likeness (QED) is 0.0343. The van der Waals surface area contributed by atoms with Crippen LogP contribution in [0.5, 0.6) is 0 Å². The number of likely N-dealkylation sites (tertiary alicyclic amines) is 1. The molecule has 1 aliphatic heterocycles. The second kappa shape index (κ2) is 55.3. The van der Waals surface area contributed by atoms with E-state index in [0.717, 1.165) is 121 Å². The highest BCUT2D eigenvalue weighted by atomic mass is 16.5. The molecule has 0 bridgehead atoms. The lowest BCUT2D eigenvalue weighted by atomic mass is 9.83. The van der Waals surface area contributed by atoms with Crippen molar-refractivity contribution < 1.29 is 19.1 Å². The Morgan fingerprint density at radius 3 is 1.66 bits per heavy atom. The Bertz CT molecular complexity index is 1400. The highest BCUT2D eigenvalue weighted by Crippen LogP contribution is 2.32. The van der Waals surface area contributed by atoms with Gasteiger partial charge in [-0.25, -0.2) is 0 Å². The molecule has 2 rings (SSSR count). The molecule has 472 valence electrons. The van der Waals surface area contributed by atoms with Gasteiger partial charge in [0.2, 0.25) is 0 Å². The summed E-state index contributed by atoms with van der Waals surface area (Å²) in [6.07, 6.45) is 62.7. The van der Waals surface area contributed by atoms with Crippen molar-refractivity contribution in [3.63, 3.8) is 0 Å². The minimum absolute atomic E-state index is 0.193. The summed E-state index contributed by atoms with van der Waals surface area (Å²) in [5, 5.41) is 0. The molecule has 6 heteroatoms. The Balaban J connectivity index is 0.00000146. The fourth-order valence-corrected chi connectivity index (χ4v) is 12.6. The predicted molar refractivity (Wildman–Crippen MR) is 353 cm³/mol. The van der Waals surface area contributed by atoms with Gasteiger partial charge in [-0.3, -0.25) is 14.5 Å². The fraction of sp³-hybridized carbons (Fsp3) is 0.905. The van der Waals surface area contributed by atoms with Gasteiger partial charge in [-0.2, -0.15) is 0 Å². The summed E-state index contributed by atoms with van der Waals surface area (Å²) in [6.45, 7) is 28.4. The Hall–Kier alpha value is -1.63. The number of unbranched alkanes of at least 4 members (excludes halogenated alkanes) is 22. The van der Waals surface area contributed by atoms with Crippen molar-refractivity contribution in [2.75, 3.05) is 40.4 Å². The van der Waals surface area contributed by atoms with Gasteiger partial charge in [-0.15, -0.1) is 13.2 Å². The van der Waals surface area contributed by atoms with Crippen LogP contribution in [-0.4, -0.2) is 79.6 Å². The van der Waals surface area contributed by atoms with Gasteiger partial charge < -0.3 is 14.4 Å². The number of rotatable bonds is 52. The maximum atomic E-state index is 12.9. The lowest BCUT2D eigenvalue weighted by molar-refractivity contribution is -0.125. The molecule has 4 atom stereocenters. The van der Waals surface area contributed by atoms with Gasteiger partial charge >= 0.3 is 0 Å². The molecule has 0 aromatic heterocycles. The van der Waals surface area contributed by atoms with Crippen LogP contribution in [-0.2, 0) is 19.1 Å². The third kappa shape index (κ3) is 46.7. The van der Waals surface area contributed by atoms with Crippen molar-refractivity contribution in [3.05, 3.63) is 25.3 Å². The zero-order valence-electron chi connectivity index (χ0n) is 55.9. The average Bonchev–Trinajstić information content (AvgIpc) is 3.66. The third-order valence-corrected chi connectivity index (χ3v) is 18.8.